The number of methoxy groups -OCH3 is 1. The normalized spacial score (nSPS) is 15.0. The van der Waals surface area contributed by atoms with E-state index in [1.165, 1.54) is 10.9 Å². The lowest BCUT2D eigenvalue weighted by molar-refractivity contribution is 0.132. The topological polar surface area (TPSA) is 62.6 Å². The molecule has 36 heavy (non-hydrogen) atoms. The Hall–Kier alpha value is -3.68. The summed E-state index contributed by atoms with van der Waals surface area (Å²) in [5.74, 6) is -0.172. The highest BCUT2D eigenvalue weighted by atomic mass is 19.3. The third-order valence-electron chi connectivity index (χ3n) is 7.00. The number of aromatic amines is 1. The largest absolute Gasteiger partial charge is 0.497 e. The zero-order chi connectivity index (χ0) is 25.2. The molecule has 5 rings (SSSR count). The summed E-state index contributed by atoms with van der Waals surface area (Å²) in [5.41, 5.74) is 4.22. The molecule has 3 heterocycles. The first-order valence-electron chi connectivity index (χ1n) is 12.4. The van der Waals surface area contributed by atoms with Crippen LogP contribution in [-0.2, 0) is 0 Å². The second-order valence-electron chi connectivity index (χ2n) is 9.28. The van der Waals surface area contributed by atoms with Crippen molar-refractivity contribution >= 4 is 11.3 Å². The average molecular weight is 493 g/mol. The van der Waals surface area contributed by atoms with E-state index in [2.05, 4.69) is 10.00 Å². The summed E-state index contributed by atoms with van der Waals surface area (Å²) in [4.78, 5) is 21.1. The fourth-order valence-corrected chi connectivity index (χ4v) is 5.24. The van der Waals surface area contributed by atoms with Crippen molar-refractivity contribution in [1.29, 1.82) is 0 Å². The van der Waals surface area contributed by atoms with E-state index in [0.29, 0.717) is 22.7 Å². The van der Waals surface area contributed by atoms with Crippen LogP contribution in [0.15, 0.2) is 59.4 Å². The van der Waals surface area contributed by atoms with E-state index in [1.54, 1.807) is 38.3 Å². The van der Waals surface area contributed by atoms with Crippen LogP contribution < -0.4 is 15.2 Å². The number of rotatable bonds is 7. The Labute approximate surface area is 208 Å². The molecule has 1 aliphatic rings. The zero-order valence-corrected chi connectivity index (χ0v) is 20.5. The first-order valence-corrected chi connectivity index (χ1v) is 12.4. The number of ether oxygens (including phenoxy) is 1. The van der Waals surface area contributed by atoms with Gasteiger partial charge in [0.1, 0.15) is 11.4 Å². The number of benzene rings is 2. The van der Waals surface area contributed by atoms with Crippen LogP contribution in [0.5, 0.6) is 5.75 Å². The van der Waals surface area contributed by atoms with Gasteiger partial charge in [-0.1, -0.05) is 42.5 Å². The number of H-pyrrole nitrogens is 1. The highest BCUT2D eigenvalue weighted by Gasteiger charge is 2.29. The van der Waals surface area contributed by atoms with Crippen molar-refractivity contribution in [1.82, 2.24) is 14.6 Å². The van der Waals surface area contributed by atoms with Gasteiger partial charge in [0.25, 0.3) is 5.56 Å². The number of hydrogen-bond donors (Lipinski definition) is 1. The number of hydrogen-bond acceptors (Lipinski definition) is 4. The molecule has 0 spiro atoms. The van der Waals surface area contributed by atoms with Crippen LogP contribution in [0.1, 0.15) is 48.4 Å². The molecule has 1 atom stereocenters. The maximum absolute atomic E-state index is 14.0. The Morgan fingerprint density at radius 1 is 1.03 bits per heavy atom. The summed E-state index contributed by atoms with van der Waals surface area (Å²) in [6.45, 7) is 3.50. The molecule has 0 radical (unpaired) electrons. The van der Waals surface area contributed by atoms with Gasteiger partial charge in [-0.25, -0.2) is 13.8 Å². The second-order valence-corrected chi connectivity index (χ2v) is 9.28. The third-order valence-corrected chi connectivity index (χ3v) is 7.00. The highest BCUT2D eigenvalue weighted by molar-refractivity contribution is 5.86. The average Bonchev–Trinajstić information content (AvgIpc) is 3.28. The van der Waals surface area contributed by atoms with Crippen molar-refractivity contribution in [3.05, 3.63) is 81.8 Å². The van der Waals surface area contributed by atoms with Crippen LogP contribution in [0.3, 0.4) is 0 Å². The first kappa shape index (κ1) is 24.0. The van der Waals surface area contributed by atoms with E-state index in [4.69, 9.17) is 9.72 Å². The molecular formula is C28H30F2N4O2. The van der Waals surface area contributed by atoms with Gasteiger partial charge in [0.05, 0.1) is 12.8 Å². The van der Waals surface area contributed by atoms with E-state index < -0.39 is 18.8 Å². The molecule has 1 fully saturated rings. The molecule has 1 N–H and O–H groups in total. The Balaban J connectivity index is 1.72. The minimum Gasteiger partial charge on any atom is -0.497 e. The predicted octanol–water partition coefficient (Wildman–Crippen LogP) is 5.78. The predicted molar refractivity (Wildman–Crippen MR) is 138 cm³/mol. The van der Waals surface area contributed by atoms with E-state index in [9.17, 15) is 13.6 Å². The van der Waals surface area contributed by atoms with Gasteiger partial charge in [-0.15, -0.1) is 0 Å². The Morgan fingerprint density at radius 3 is 2.36 bits per heavy atom. The van der Waals surface area contributed by atoms with E-state index >= 15 is 0 Å². The monoisotopic (exact) mass is 492 g/mol. The lowest BCUT2D eigenvalue weighted by Gasteiger charge is -2.28. The Kier molecular flexibility index (Phi) is 6.76. The molecule has 0 aliphatic carbocycles. The first-order chi connectivity index (χ1) is 17.5. The lowest BCUT2D eigenvalue weighted by Crippen LogP contribution is -2.30. The van der Waals surface area contributed by atoms with Crippen molar-refractivity contribution < 1.29 is 13.5 Å². The van der Waals surface area contributed by atoms with E-state index in [1.807, 2.05) is 30.3 Å². The van der Waals surface area contributed by atoms with E-state index in [-0.39, 0.29) is 11.1 Å². The summed E-state index contributed by atoms with van der Waals surface area (Å²) in [7, 11) is 1.55. The summed E-state index contributed by atoms with van der Waals surface area (Å²) in [6.07, 6.45) is 0.264. The fourth-order valence-electron chi connectivity index (χ4n) is 5.24. The highest BCUT2D eigenvalue weighted by Crippen LogP contribution is 2.36. The van der Waals surface area contributed by atoms with Crippen LogP contribution in [0, 0.1) is 6.92 Å². The maximum Gasteiger partial charge on any atom is 0.276 e. The van der Waals surface area contributed by atoms with E-state index in [0.717, 1.165) is 42.9 Å². The molecule has 0 saturated carbocycles. The summed E-state index contributed by atoms with van der Waals surface area (Å²) in [6, 6.07) is 16.8. The van der Waals surface area contributed by atoms with Crippen LogP contribution in [0.25, 0.3) is 16.9 Å². The van der Waals surface area contributed by atoms with Gasteiger partial charge >= 0.3 is 0 Å². The fraction of sp³-hybridized carbons (Fsp3) is 0.357. The molecule has 0 amide bonds. The summed E-state index contributed by atoms with van der Waals surface area (Å²) >= 11 is 0. The van der Waals surface area contributed by atoms with Gasteiger partial charge in [0.2, 0.25) is 6.43 Å². The molecule has 1 unspecified atom stereocenters. The van der Waals surface area contributed by atoms with Crippen molar-refractivity contribution in [3.63, 3.8) is 0 Å². The molecule has 2 aromatic carbocycles. The standard InChI is InChI=1S/C28H30F2N4O2/c1-18-24(22(17-23(29)30)19-11-13-21(36-2)14-12-19)28(35)34-27(31-18)26(33-15-7-4-8-16-33)25(32-34)20-9-5-3-6-10-20/h3,5-6,9-14,22-23,32H,4,7-8,15-17H2,1-2H3. The molecule has 2 aromatic heterocycles. The SMILES string of the molecule is COc1ccc(C(CC(F)F)c2c(C)nc3c(N4CCCCC4)c(-c4ccccc4)[nH]n3c2=O)cc1. The second kappa shape index (κ2) is 10.1. The lowest BCUT2D eigenvalue weighted by atomic mass is 9.88. The van der Waals surface area contributed by atoms with Gasteiger partial charge in [0, 0.05) is 42.2 Å². The molecule has 8 heteroatoms. The quantitative estimate of drug-likeness (QED) is 0.355. The van der Waals surface area contributed by atoms with Gasteiger partial charge in [-0.05, 0) is 43.9 Å². The van der Waals surface area contributed by atoms with Crippen LogP contribution >= 0.6 is 0 Å². The molecule has 0 bridgehead atoms. The zero-order valence-electron chi connectivity index (χ0n) is 20.5. The molecule has 6 nitrogen and oxygen atoms in total. The number of anilines is 1. The number of aryl methyl sites for hydroxylation is 1. The van der Waals surface area contributed by atoms with Gasteiger partial charge in [-0.2, -0.15) is 4.52 Å². The maximum atomic E-state index is 14.0. The Morgan fingerprint density at radius 2 is 1.72 bits per heavy atom. The van der Waals surface area contributed by atoms with Crippen molar-refractivity contribution in [3.8, 4) is 17.0 Å². The number of nitrogens with zero attached hydrogens (tertiary/aromatic N) is 3. The number of nitrogens with one attached hydrogen (secondary N) is 1. The van der Waals surface area contributed by atoms with Gasteiger partial charge in [0.15, 0.2) is 5.65 Å². The third kappa shape index (κ3) is 4.47. The number of aromatic nitrogens is 3. The van der Waals surface area contributed by atoms with Crippen LogP contribution in [-0.4, -0.2) is 41.2 Å². The number of alkyl halides is 2. The summed E-state index contributed by atoms with van der Waals surface area (Å²) < 4.78 is 34.1. The molecule has 188 valence electrons. The number of halogens is 2. The number of piperidine rings is 1. The minimum atomic E-state index is -2.58. The van der Waals surface area contributed by atoms with Crippen LogP contribution in [0.4, 0.5) is 14.5 Å². The minimum absolute atomic E-state index is 0.282. The smallest absolute Gasteiger partial charge is 0.276 e. The molecule has 1 aliphatic heterocycles. The molecule has 1 saturated heterocycles. The summed E-state index contributed by atoms with van der Waals surface area (Å²) in [5, 5.41) is 3.28. The van der Waals surface area contributed by atoms with Crippen molar-refractivity contribution in [2.45, 2.75) is 45.0 Å². The number of fused-ring (bicyclic) bond motifs is 1. The molecular weight excluding hydrogens is 462 g/mol. The Bertz CT molecular complexity index is 1390. The van der Waals surface area contributed by atoms with Crippen molar-refractivity contribution in [2.75, 3.05) is 25.1 Å². The van der Waals surface area contributed by atoms with Gasteiger partial charge < -0.3 is 9.64 Å². The van der Waals surface area contributed by atoms with Crippen molar-refractivity contribution in [2.24, 2.45) is 0 Å². The van der Waals surface area contributed by atoms with Crippen LogP contribution in [0.2, 0.25) is 0 Å². The molecule has 4 aromatic rings. The van der Waals surface area contributed by atoms with Gasteiger partial charge in [-0.3, -0.25) is 9.89 Å².